The Morgan fingerprint density at radius 1 is 1.42 bits per heavy atom. The van der Waals surface area contributed by atoms with Crippen LogP contribution in [0.2, 0.25) is 0 Å². The highest BCUT2D eigenvalue weighted by atomic mass is 79.9. The molecule has 4 nitrogen and oxygen atoms in total. The van der Waals surface area contributed by atoms with E-state index < -0.39 is 0 Å². The molecule has 1 aliphatic heterocycles. The molecule has 0 spiro atoms. The molecule has 19 heavy (non-hydrogen) atoms. The van der Waals surface area contributed by atoms with Gasteiger partial charge in [0.25, 0.3) is 5.91 Å². The van der Waals surface area contributed by atoms with Crippen molar-refractivity contribution in [2.75, 3.05) is 26.1 Å². The number of benzene rings is 1. The number of carbonyl (C=O) groups is 1. The van der Waals surface area contributed by atoms with Crippen molar-refractivity contribution >= 4 is 21.8 Å². The van der Waals surface area contributed by atoms with Gasteiger partial charge in [0.2, 0.25) is 0 Å². The molecule has 1 aromatic rings. The van der Waals surface area contributed by atoms with Gasteiger partial charge in [-0.05, 0) is 25.0 Å². The number of carbonyl (C=O) groups excluding carboxylic acids is 1. The quantitative estimate of drug-likeness (QED) is 0.798. The summed E-state index contributed by atoms with van der Waals surface area (Å²) < 4.78 is 10.6. The number of nitrogens with zero attached hydrogens (tertiary/aromatic N) is 1. The lowest BCUT2D eigenvalue weighted by atomic mass is 10.1. The van der Waals surface area contributed by atoms with Crippen molar-refractivity contribution in [3.8, 4) is 11.5 Å². The molecule has 1 amide bonds. The first-order chi connectivity index (χ1) is 9.22. The number of halogens is 1. The summed E-state index contributed by atoms with van der Waals surface area (Å²) in [5.74, 6) is 1.11. The number of rotatable bonds is 4. The summed E-state index contributed by atoms with van der Waals surface area (Å²) in [5.41, 5.74) is 0.565. The third-order valence-electron chi connectivity index (χ3n) is 3.45. The van der Waals surface area contributed by atoms with Crippen molar-refractivity contribution in [3.05, 3.63) is 23.8 Å². The molecule has 1 aromatic carbocycles. The maximum absolute atomic E-state index is 12.6. The Labute approximate surface area is 121 Å². The van der Waals surface area contributed by atoms with Crippen LogP contribution in [-0.2, 0) is 0 Å². The van der Waals surface area contributed by atoms with E-state index in [1.165, 1.54) is 0 Å². The Balaban J connectivity index is 2.33. The van der Waals surface area contributed by atoms with Crippen LogP contribution in [0.15, 0.2) is 18.2 Å². The summed E-state index contributed by atoms with van der Waals surface area (Å²) in [6, 6.07) is 5.66. The van der Waals surface area contributed by atoms with Crippen LogP contribution in [0.4, 0.5) is 0 Å². The highest BCUT2D eigenvalue weighted by molar-refractivity contribution is 9.09. The highest BCUT2D eigenvalue weighted by Crippen LogP contribution is 2.33. The van der Waals surface area contributed by atoms with Gasteiger partial charge in [-0.25, -0.2) is 0 Å². The zero-order valence-corrected chi connectivity index (χ0v) is 12.8. The second kappa shape index (κ2) is 6.28. The van der Waals surface area contributed by atoms with E-state index in [-0.39, 0.29) is 11.9 Å². The molecule has 2 rings (SSSR count). The topological polar surface area (TPSA) is 38.8 Å². The maximum atomic E-state index is 12.6. The average molecular weight is 328 g/mol. The summed E-state index contributed by atoms with van der Waals surface area (Å²) in [4.78, 5) is 14.5. The highest BCUT2D eigenvalue weighted by Gasteiger charge is 2.30. The molecule has 0 bridgehead atoms. The lowest BCUT2D eigenvalue weighted by molar-refractivity contribution is 0.0746. The minimum absolute atomic E-state index is 0.0118. The van der Waals surface area contributed by atoms with Gasteiger partial charge >= 0.3 is 0 Å². The normalized spacial score (nSPS) is 18.5. The van der Waals surface area contributed by atoms with Crippen LogP contribution in [0, 0.1) is 0 Å². The van der Waals surface area contributed by atoms with Crippen molar-refractivity contribution in [2.24, 2.45) is 0 Å². The lowest BCUT2D eigenvalue weighted by Gasteiger charge is -2.24. The fourth-order valence-electron chi connectivity index (χ4n) is 2.47. The third kappa shape index (κ3) is 2.71. The molecule has 0 N–H and O–H groups in total. The van der Waals surface area contributed by atoms with Crippen molar-refractivity contribution in [1.82, 2.24) is 4.90 Å². The average Bonchev–Trinajstić information content (AvgIpc) is 2.93. The molecule has 1 aliphatic rings. The molecule has 1 saturated heterocycles. The molecule has 0 saturated carbocycles. The molecule has 1 unspecified atom stereocenters. The van der Waals surface area contributed by atoms with Crippen LogP contribution >= 0.6 is 15.9 Å². The Bertz CT molecular complexity index is 464. The first-order valence-corrected chi connectivity index (χ1v) is 7.43. The Hall–Kier alpha value is -1.23. The number of alkyl halides is 1. The van der Waals surface area contributed by atoms with Crippen molar-refractivity contribution in [3.63, 3.8) is 0 Å². The standard InChI is InChI=1S/C14H18BrNO3/c1-18-12-7-3-6-11(13(12)19-2)14(17)16-8-4-5-10(16)9-15/h3,6-7,10H,4-5,8-9H2,1-2H3. The van der Waals surface area contributed by atoms with Crippen molar-refractivity contribution < 1.29 is 14.3 Å². The van der Waals surface area contributed by atoms with Gasteiger partial charge in [0.15, 0.2) is 11.5 Å². The molecule has 1 fully saturated rings. The van der Waals surface area contributed by atoms with Crippen LogP contribution in [0.3, 0.4) is 0 Å². The summed E-state index contributed by atoms with van der Waals surface area (Å²) >= 11 is 3.47. The van der Waals surface area contributed by atoms with E-state index in [1.807, 2.05) is 11.0 Å². The number of ether oxygens (including phenoxy) is 2. The fourth-order valence-corrected chi connectivity index (χ4v) is 3.15. The van der Waals surface area contributed by atoms with Gasteiger partial charge in [-0.1, -0.05) is 22.0 Å². The number of hydrogen-bond acceptors (Lipinski definition) is 3. The molecule has 1 heterocycles. The summed E-state index contributed by atoms with van der Waals surface area (Å²) in [7, 11) is 3.13. The second-order valence-electron chi connectivity index (χ2n) is 4.49. The number of likely N-dealkylation sites (tertiary alicyclic amines) is 1. The Kier molecular flexibility index (Phi) is 4.69. The monoisotopic (exact) mass is 327 g/mol. The first kappa shape index (κ1) is 14.2. The van der Waals surface area contributed by atoms with Crippen molar-refractivity contribution in [1.29, 1.82) is 0 Å². The molecule has 0 radical (unpaired) electrons. The molecule has 0 aromatic heterocycles. The molecular weight excluding hydrogens is 310 g/mol. The van der Waals surface area contributed by atoms with E-state index in [2.05, 4.69) is 15.9 Å². The molecule has 5 heteroatoms. The van der Waals surface area contributed by atoms with Gasteiger partial charge in [-0.2, -0.15) is 0 Å². The SMILES string of the molecule is COc1cccc(C(=O)N2CCCC2CBr)c1OC. The second-order valence-corrected chi connectivity index (χ2v) is 5.14. The largest absolute Gasteiger partial charge is 0.493 e. The van der Waals surface area contributed by atoms with E-state index in [0.717, 1.165) is 24.7 Å². The van der Waals surface area contributed by atoms with Crippen LogP contribution < -0.4 is 9.47 Å². The maximum Gasteiger partial charge on any atom is 0.258 e. The summed E-state index contributed by atoms with van der Waals surface area (Å²) in [6.07, 6.45) is 2.09. The molecule has 0 aliphatic carbocycles. The number of methoxy groups -OCH3 is 2. The lowest BCUT2D eigenvalue weighted by Crippen LogP contribution is -2.36. The van der Waals surface area contributed by atoms with E-state index in [9.17, 15) is 4.79 Å². The van der Waals surface area contributed by atoms with Crippen LogP contribution in [0.1, 0.15) is 23.2 Å². The predicted molar refractivity (Wildman–Crippen MR) is 77.4 cm³/mol. The molecule has 104 valence electrons. The zero-order valence-electron chi connectivity index (χ0n) is 11.2. The minimum atomic E-state index is 0.0118. The Morgan fingerprint density at radius 2 is 2.21 bits per heavy atom. The van der Waals surface area contributed by atoms with E-state index in [0.29, 0.717) is 17.1 Å². The van der Waals surface area contributed by atoms with Crippen LogP contribution in [-0.4, -0.2) is 42.9 Å². The Morgan fingerprint density at radius 3 is 2.84 bits per heavy atom. The summed E-state index contributed by atoms with van der Waals surface area (Å²) in [5, 5.41) is 0.811. The number of hydrogen-bond donors (Lipinski definition) is 0. The smallest absolute Gasteiger partial charge is 0.258 e. The van der Waals surface area contributed by atoms with Gasteiger partial charge in [0.05, 0.1) is 19.8 Å². The third-order valence-corrected chi connectivity index (χ3v) is 4.20. The number of amides is 1. The first-order valence-electron chi connectivity index (χ1n) is 6.30. The van der Waals surface area contributed by atoms with Crippen LogP contribution in [0.25, 0.3) is 0 Å². The molecule has 1 atom stereocenters. The van der Waals surface area contributed by atoms with E-state index in [4.69, 9.17) is 9.47 Å². The van der Waals surface area contributed by atoms with Gasteiger partial charge in [0, 0.05) is 17.9 Å². The van der Waals surface area contributed by atoms with Gasteiger partial charge in [0.1, 0.15) is 0 Å². The zero-order chi connectivity index (χ0) is 13.8. The predicted octanol–water partition coefficient (Wildman–Crippen LogP) is 2.70. The van der Waals surface area contributed by atoms with E-state index in [1.54, 1.807) is 26.4 Å². The van der Waals surface area contributed by atoms with Crippen molar-refractivity contribution in [2.45, 2.75) is 18.9 Å². The number of para-hydroxylation sites is 1. The summed E-state index contributed by atoms with van der Waals surface area (Å²) in [6.45, 7) is 0.801. The van der Waals surface area contributed by atoms with Gasteiger partial charge in [-0.15, -0.1) is 0 Å². The van der Waals surface area contributed by atoms with E-state index >= 15 is 0 Å². The minimum Gasteiger partial charge on any atom is -0.493 e. The fraction of sp³-hybridized carbons (Fsp3) is 0.500. The van der Waals surface area contributed by atoms with Gasteiger partial charge < -0.3 is 14.4 Å². The van der Waals surface area contributed by atoms with Gasteiger partial charge in [-0.3, -0.25) is 4.79 Å². The molecular formula is C14H18BrNO3. The van der Waals surface area contributed by atoms with Crippen LogP contribution in [0.5, 0.6) is 11.5 Å².